The highest BCUT2D eigenvalue weighted by Gasteiger charge is 2.10. The van der Waals surface area contributed by atoms with E-state index in [1.807, 2.05) is 54.6 Å². The van der Waals surface area contributed by atoms with Gasteiger partial charge in [0.15, 0.2) is 0 Å². The zero-order valence-corrected chi connectivity index (χ0v) is 14.5. The monoisotopic (exact) mass is 341 g/mol. The first-order valence-electron chi connectivity index (χ1n) is 8.60. The SMILES string of the molecule is CCN(c1ccccc1)c1cc(Nc2cccc3cccnc23)ncn1. The molecule has 0 saturated heterocycles. The van der Waals surface area contributed by atoms with Crippen LogP contribution in [0.25, 0.3) is 10.9 Å². The van der Waals surface area contributed by atoms with E-state index in [0.717, 1.165) is 40.5 Å². The minimum atomic E-state index is 0.738. The van der Waals surface area contributed by atoms with Crippen molar-refractivity contribution in [2.45, 2.75) is 6.92 Å². The lowest BCUT2D eigenvalue weighted by molar-refractivity contribution is 0.977. The summed E-state index contributed by atoms with van der Waals surface area (Å²) in [6, 6.07) is 22.2. The van der Waals surface area contributed by atoms with Gasteiger partial charge in [-0.1, -0.05) is 36.4 Å². The molecule has 0 amide bonds. The van der Waals surface area contributed by atoms with E-state index in [4.69, 9.17) is 0 Å². The number of benzene rings is 2. The van der Waals surface area contributed by atoms with Crippen molar-refractivity contribution in [3.05, 3.63) is 79.3 Å². The molecule has 0 aliphatic heterocycles. The maximum Gasteiger partial charge on any atom is 0.138 e. The fraction of sp³-hybridized carbons (Fsp3) is 0.0952. The zero-order chi connectivity index (χ0) is 17.8. The van der Waals surface area contributed by atoms with Gasteiger partial charge in [0.1, 0.15) is 18.0 Å². The van der Waals surface area contributed by atoms with Crippen molar-refractivity contribution in [1.29, 1.82) is 0 Å². The molecule has 0 atom stereocenters. The molecule has 2 aromatic carbocycles. The van der Waals surface area contributed by atoms with Crippen LogP contribution in [0, 0.1) is 0 Å². The third kappa shape index (κ3) is 3.19. The maximum atomic E-state index is 4.48. The topological polar surface area (TPSA) is 53.9 Å². The van der Waals surface area contributed by atoms with E-state index in [1.165, 1.54) is 0 Å². The minimum Gasteiger partial charge on any atom is -0.338 e. The summed E-state index contributed by atoms with van der Waals surface area (Å²) in [6.45, 7) is 2.92. The number of aromatic nitrogens is 3. The summed E-state index contributed by atoms with van der Waals surface area (Å²) >= 11 is 0. The summed E-state index contributed by atoms with van der Waals surface area (Å²) in [6.07, 6.45) is 3.38. The van der Waals surface area contributed by atoms with Crippen molar-refractivity contribution in [3.63, 3.8) is 0 Å². The van der Waals surface area contributed by atoms with Crippen molar-refractivity contribution in [2.24, 2.45) is 0 Å². The molecular formula is C21H19N5. The van der Waals surface area contributed by atoms with Gasteiger partial charge in [0, 0.05) is 29.9 Å². The van der Waals surface area contributed by atoms with Gasteiger partial charge in [0.25, 0.3) is 0 Å². The Balaban J connectivity index is 1.67. The number of fused-ring (bicyclic) bond motifs is 1. The second-order valence-corrected chi connectivity index (χ2v) is 5.85. The largest absolute Gasteiger partial charge is 0.338 e. The zero-order valence-electron chi connectivity index (χ0n) is 14.5. The molecular weight excluding hydrogens is 322 g/mol. The predicted molar refractivity (Wildman–Crippen MR) is 106 cm³/mol. The van der Waals surface area contributed by atoms with Crippen molar-refractivity contribution < 1.29 is 0 Å². The second-order valence-electron chi connectivity index (χ2n) is 5.85. The van der Waals surface area contributed by atoms with E-state index < -0.39 is 0 Å². The van der Waals surface area contributed by atoms with Crippen LogP contribution in [-0.2, 0) is 0 Å². The predicted octanol–water partition coefficient (Wildman–Crippen LogP) is 4.93. The third-order valence-corrected chi connectivity index (χ3v) is 4.21. The van der Waals surface area contributed by atoms with Crippen LogP contribution >= 0.6 is 0 Å². The van der Waals surface area contributed by atoms with E-state index >= 15 is 0 Å². The lowest BCUT2D eigenvalue weighted by Crippen LogP contribution is -2.17. The number of para-hydroxylation sites is 2. The maximum absolute atomic E-state index is 4.48. The van der Waals surface area contributed by atoms with Crippen LogP contribution in [0.4, 0.5) is 23.0 Å². The molecule has 0 spiro atoms. The summed E-state index contributed by atoms with van der Waals surface area (Å²) in [5.74, 6) is 1.59. The highest BCUT2D eigenvalue weighted by atomic mass is 15.2. The Hall–Kier alpha value is -3.47. The summed E-state index contributed by atoms with van der Waals surface area (Å²) in [7, 11) is 0. The van der Waals surface area contributed by atoms with E-state index in [2.05, 4.69) is 44.2 Å². The molecule has 0 radical (unpaired) electrons. The molecule has 4 aromatic rings. The number of hydrogen-bond donors (Lipinski definition) is 1. The van der Waals surface area contributed by atoms with Crippen molar-refractivity contribution >= 4 is 33.9 Å². The molecule has 5 nitrogen and oxygen atoms in total. The molecule has 2 heterocycles. The van der Waals surface area contributed by atoms with Crippen molar-refractivity contribution in [1.82, 2.24) is 15.0 Å². The van der Waals surface area contributed by atoms with Crippen LogP contribution in [0.3, 0.4) is 0 Å². The highest BCUT2D eigenvalue weighted by Crippen LogP contribution is 2.27. The summed E-state index contributed by atoms with van der Waals surface area (Å²) in [4.78, 5) is 15.5. The van der Waals surface area contributed by atoms with Crippen LogP contribution < -0.4 is 10.2 Å². The third-order valence-electron chi connectivity index (χ3n) is 4.21. The normalized spacial score (nSPS) is 10.7. The van der Waals surface area contributed by atoms with Gasteiger partial charge in [-0.05, 0) is 31.2 Å². The molecule has 2 aromatic heterocycles. The van der Waals surface area contributed by atoms with E-state index in [-0.39, 0.29) is 0 Å². The number of hydrogen-bond acceptors (Lipinski definition) is 5. The molecule has 0 unspecified atom stereocenters. The first kappa shape index (κ1) is 16.0. The fourth-order valence-electron chi connectivity index (χ4n) is 2.99. The van der Waals surface area contributed by atoms with Gasteiger partial charge in [0.05, 0.1) is 11.2 Å². The lowest BCUT2D eigenvalue weighted by Gasteiger charge is -2.22. The van der Waals surface area contributed by atoms with Gasteiger partial charge >= 0.3 is 0 Å². The smallest absolute Gasteiger partial charge is 0.138 e. The molecule has 0 aliphatic carbocycles. The number of nitrogens with zero attached hydrogens (tertiary/aromatic N) is 4. The van der Waals surface area contributed by atoms with Gasteiger partial charge in [-0.2, -0.15) is 0 Å². The number of pyridine rings is 1. The molecule has 0 aliphatic rings. The average molecular weight is 341 g/mol. The quantitative estimate of drug-likeness (QED) is 0.558. The summed E-state index contributed by atoms with van der Waals surface area (Å²) in [5, 5.41) is 4.47. The van der Waals surface area contributed by atoms with Crippen LogP contribution in [-0.4, -0.2) is 21.5 Å². The van der Waals surface area contributed by atoms with Crippen LogP contribution in [0.15, 0.2) is 79.3 Å². The van der Waals surface area contributed by atoms with Crippen LogP contribution in [0.5, 0.6) is 0 Å². The standard InChI is InChI=1S/C21H19N5/c1-2-26(17-10-4-3-5-11-17)20-14-19(23-15-24-20)25-18-12-6-8-16-9-7-13-22-21(16)18/h3-15H,2H2,1H3,(H,23,24,25). The van der Waals surface area contributed by atoms with Gasteiger partial charge in [-0.3, -0.25) is 4.98 Å². The van der Waals surface area contributed by atoms with E-state index in [9.17, 15) is 0 Å². The summed E-state index contributed by atoms with van der Waals surface area (Å²) in [5.41, 5.74) is 2.95. The van der Waals surface area contributed by atoms with E-state index in [1.54, 1.807) is 12.5 Å². The number of anilines is 4. The molecule has 0 bridgehead atoms. The Bertz CT molecular complexity index is 1010. The van der Waals surface area contributed by atoms with Gasteiger partial charge in [0.2, 0.25) is 0 Å². The highest BCUT2D eigenvalue weighted by molar-refractivity contribution is 5.91. The Morgan fingerprint density at radius 3 is 2.58 bits per heavy atom. The van der Waals surface area contributed by atoms with Crippen LogP contribution in [0.2, 0.25) is 0 Å². The minimum absolute atomic E-state index is 0.738. The van der Waals surface area contributed by atoms with E-state index in [0.29, 0.717) is 0 Å². The lowest BCUT2D eigenvalue weighted by atomic mass is 10.2. The molecule has 4 rings (SSSR count). The Morgan fingerprint density at radius 2 is 1.73 bits per heavy atom. The molecule has 26 heavy (non-hydrogen) atoms. The number of rotatable bonds is 5. The Labute approximate surface area is 152 Å². The second kappa shape index (κ2) is 7.19. The summed E-state index contributed by atoms with van der Waals surface area (Å²) < 4.78 is 0. The molecule has 0 fully saturated rings. The first-order chi connectivity index (χ1) is 12.8. The molecule has 5 heteroatoms. The Kier molecular flexibility index (Phi) is 4.43. The first-order valence-corrected chi connectivity index (χ1v) is 8.60. The van der Waals surface area contributed by atoms with Gasteiger partial charge < -0.3 is 10.2 Å². The Morgan fingerprint density at radius 1 is 0.885 bits per heavy atom. The van der Waals surface area contributed by atoms with Crippen molar-refractivity contribution in [2.75, 3.05) is 16.8 Å². The van der Waals surface area contributed by atoms with Gasteiger partial charge in [-0.25, -0.2) is 9.97 Å². The van der Waals surface area contributed by atoms with Crippen molar-refractivity contribution in [3.8, 4) is 0 Å². The average Bonchev–Trinajstić information content (AvgIpc) is 2.70. The van der Waals surface area contributed by atoms with Gasteiger partial charge in [-0.15, -0.1) is 0 Å². The fourth-order valence-corrected chi connectivity index (χ4v) is 2.99. The molecule has 0 saturated carbocycles. The van der Waals surface area contributed by atoms with Crippen LogP contribution in [0.1, 0.15) is 6.92 Å². The molecule has 128 valence electrons. The molecule has 1 N–H and O–H groups in total. The number of nitrogens with one attached hydrogen (secondary N) is 1.